The lowest BCUT2D eigenvalue weighted by molar-refractivity contribution is 0.325. The first-order chi connectivity index (χ1) is 4.36. The molecule has 1 heterocycles. The molecule has 0 amide bonds. The quantitative estimate of drug-likeness (QED) is 0.394. The second-order valence-electron chi connectivity index (χ2n) is 2.23. The highest BCUT2D eigenvalue weighted by atomic mass is 28.3. The van der Waals surface area contributed by atoms with Gasteiger partial charge in [0.1, 0.15) is 8.80 Å². The molecule has 0 aromatic rings. The predicted octanol–water partition coefficient (Wildman–Crippen LogP) is -1.06. The molecule has 1 aliphatic heterocycles. The fraction of sp³-hybridized carbons (Fsp3) is 1.00. The maximum Gasteiger partial charge on any atom is 0.114 e. The lowest BCUT2D eigenvalue weighted by Gasteiger charge is -2.03. The predicted molar refractivity (Wildman–Crippen MR) is 34.5 cm³/mol. The molecule has 0 aromatic carbocycles. The third-order valence-electron chi connectivity index (χ3n) is 1.37. The summed E-state index contributed by atoms with van der Waals surface area (Å²) in [6.07, 6.45) is 0.695. The normalized spacial score (nSPS) is 25.0. The van der Waals surface area contributed by atoms with E-state index in [9.17, 15) is 0 Å². The zero-order valence-electron chi connectivity index (χ0n) is 5.21. The molecule has 4 heteroatoms. The lowest BCUT2D eigenvalue weighted by Crippen LogP contribution is -2.25. The SMILES string of the molecule is OC[Si](CO)CC1CO1. The van der Waals surface area contributed by atoms with Crippen molar-refractivity contribution in [3.05, 3.63) is 0 Å². The summed E-state index contributed by atoms with van der Waals surface area (Å²) in [5.74, 6) is 0. The van der Waals surface area contributed by atoms with E-state index in [0.29, 0.717) is 6.10 Å². The van der Waals surface area contributed by atoms with E-state index in [1.165, 1.54) is 0 Å². The number of rotatable bonds is 4. The van der Waals surface area contributed by atoms with Gasteiger partial charge in [0, 0.05) is 12.5 Å². The molecule has 1 saturated heterocycles. The van der Waals surface area contributed by atoms with Gasteiger partial charge in [0.15, 0.2) is 0 Å². The van der Waals surface area contributed by atoms with Crippen molar-refractivity contribution < 1.29 is 14.9 Å². The van der Waals surface area contributed by atoms with Crippen molar-refractivity contribution >= 4 is 8.80 Å². The van der Waals surface area contributed by atoms with Crippen LogP contribution in [0.15, 0.2) is 0 Å². The number of hydrogen-bond donors (Lipinski definition) is 2. The minimum atomic E-state index is -0.874. The Kier molecular flexibility index (Phi) is 2.65. The van der Waals surface area contributed by atoms with Crippen LogP contribution in [0.25, 0.3) is 0 Å². The second kappa shape index (κ2) is 3.31. The van der Waals surface area contributed by atoms with E-state index in [0.717, 1.165) is 12.7 Å². The van der Waals surface area contributed by atoms with Crippen LogP contribution in [-0.4, -0.2) is 44.2 Å². The summed E-state index contributed by atoms with van der Waals surface area (Å²) < 4.78 is 4.95. The number of aliphatic hydroxyl groups is 2. The van der Waals surface area contributed by atoms with Crippen LogP contribution < -0.4 is 0 Å². The zero-order valence-corrected chi connectivity index (χ0v) is 6.21. The van der Waals surface area contributed by atoms with E-state index < -0.39 is 8.80 Å². The third kappa shape index (κ3) is 2.44. The van der Waals surface area contributed by atoms with E-state index in [1.54, 1.807) is 0 Å². The fourth-order valence-electron chi connectivity index (χ4n) is 0.687. The highest BCUT2D eigenvalue weighted by Crippen LogP contribution is 2.15. The zero-order chi connectivity index (χ0) is 6.69. The molecule has 9 heavy (non-hydrogen) atoms. The van der Waals surface area contributed by atoms with E-state index in [4.69, 9.17) is 14.9 Å². The largest absolute Gasteiger partial charge is 0.400 e. The van der Waals surface area contributed by atoms with Gasteiger partial charge in [0.25, 0.3) is 0 Å². The van der Waals surface area contributed by atoms with Gasteiger partial charge in [-0.25, -0.2) is 0 Å². The highest BCUT2D eigenvalue weighted by molar-refractivity contribution is 6.58. The molecule has 3 nitrogen and oxygen atoms in total. The van der Waals surface area contributed by atoms with E-state index in [-0.39, 0.29) is 12.5 Å². The minimum absolute atomic E-state index is 0.168. The van der Waals surface area contributed by atoms with Crippen LogP contribution >= 0.6 is 0 Å². The minimum Gasteiger partial charge on any atom is -0.400 e. The van der Waals surface area contributed by atoms with Crippen molar-refractivity contribution in [2.75, 3.05) is 19.1 Å². The molecule has 2 N–H and O–H groups in total. The number of epoxide rings is 1. The number of ether oxygens (including phenoxy) is 1. The molecule has 0 spiro atoms. The summed E-state index contributed by atoms with van der Waals surface area (Å²) in [6, 6.07) is 0.900. The first-order valence-corrected chi connectivity index (χ1v) is 5.16. The van der Waals surface area contributed by atoms with Crippen LogP contribution in [0, 0.1) is 0 Å². The number of aliphatic hydroxyl groups excluding tert-OH is 2. The Labute approximate surface area is 55.9 Å². The van der Waals surface area contributed by atoms with Crippen molar-refractivity contribution in [3.63, 3.8) is 0 Å². The van der Waals surface area contributed by atoms with E-state index in [2.05, 4.69) is 0 Å². The molecule has 1 atom stereocenters. The van der Waals surface area contributed by atoms with Crippen molar-refractivity contribution in [3.8, 4) is 0 Å². The van der Waals surface area contributed by atoms with Crippen molar-refractivity contribution in [1.29, 1.82) is 0 Å². The molecule has 1 fully saturated rings. The summed E-state index contributed by atoms with van der Waals surface area (Å²) in [7, 11) is -0.874. The molecule has 53 valence electrons. The molecular formula is C5H11O3Si. The molecule has 1 rings (SSSR count). The van der Waals surface area contributed by atoms with Crippen LogP contribution in [0.5, 0.6) is 0 Å². The van der Waals surface area contributed by atoms with Gasteiger partial charge in [-0.3, -0.25) is 0 Å². The van der Waals surface area contributed by atoms with E-state index in [1.807, 2.05) is 0 Å². The molecule has 0 aromatic heterocycles. The van der Waals surface area contributed by atoms with Crippen LogP contribution in [0.4, 0.5) is 0 Å². The monoisotopic (exact) mass is 147 g/mol. The van der Waals surface area contributed by atoms with Gasteiger partial charge >= 0.3 is 0 Å². The summed E-state index contributed by atoms with van der Waals surface area (Å²) in [6.45, 7) is 0.828. The maximum atomic E-state index is 8.63. The first kappa shape index (κ1) is 7.21. The Morgan fingerprint density at radius 1 is 1.44 bits per heavy atom. The second-order valence-corrected chi connectivity index (χ2v) is 4.77. The molecule has 1 unspecified atom stereocenters. The molecule has 1 aliphatic rings. The van der Waals surface area contributed by atoms with Crippen LogP contribution in [-0.2, 0) is 4.74 Å². The Balaban J connectivity index is 2.05. The topological polar surface area (TPSA) is 53.0 Å². The molecule has 1 radical (unpaired) electrons. The van der Waals surface area contributed by atoms with Crippen molar-refractivity contribution in [1.82, 2.24) is 0 Å². The smallest absolute Gasteiger partial charge is 0.114 e. The van der Waals surface area contributed by atoms with Gasteiger partial charge < -0.3 is 14.9 Å². The average Bonchev–Trinajstić information content (AvgIpc) is 2.66. The third-order valence-corrected chi connectivity index (χ3v) is 3.29. The Morgan fingerprint density at radius 2 is 2.00 bits per heavy atom. The van der Waals surface area contributed by atoms with Gasteiger partial charge in [-0.05, 0) is 6.04 Å². The maximum absolute atomic E-state index is 8.63. The summed E-state index contributed by atoms with van der Waals surface area (Å²) >= 11 is 0. The van der Waals surface area contributed by atoms with Crippen molar-refractivity contribution in [2.45, 2.75) is 12.1 Å². The Bertz CT molecular complexity index is 80.3. The van der Waals surface area contributed by atoms with Gasteiger partial charge in [-0.1, -0.05) is 0 Å². The van der Waals surface area contributed by atoms with Gasteiger partial charge in [0.05, 0.1) is 12.7 Å². The molecule has 0 saturated carbocycles. The van der Waals surface area contributed by atoms with Crippen LogP contribution in [0.2, 0.25) is 6.04 Å². The van der Waals surface area contributed by atoms with Crippen LogP contribution in [0.3, 0.4) is 0 Å². The lowest BCUT2D eigenvalue weighted by atomic mass is 10.6. The van der Waals surface area contributed by atoms with Crippen molar-refractivity contribution in [2.24, 2.45) is 0 Å². The molecular weight excluding hydrogens is 136 g/mol. The van der Waals surface area contributed by atoms with Gasteiger partial charge in [-0.2, -0.15) is 0 Å². The molecule has 0 bridgehead atoms. The Morgan fingerprint density at radius 3 is 2.33 bits per heavy atom. The van der Waals surface area contributed by atoms with Gasteiger partial charge in [0.2, 0.25) is 0 Å². The molecule has 0 aliphatic carbocycles. The van der Waals surface area contributed by atoms with Crippen LogP contribution in [0.1, 0.15) is 0 Å². The summed E-state index contributed by atoms with van der Waals surface area (Å²) in [5.41, 5.74) is 0. The average molecular weight is 147 g/mol. The first-order valence-electron chi connectivity index (χ1n) is 3.03. The Hall–Kier alpha value is 0.0969. The summed E-state index contributed by atoms with van der Waals surface area (Å²) in [4.78, 5) is 0. The van der Waals surface area contributed by atoms with E-state index >= 15 is 0 Å². The van der Waals surface area contributed by atoms with Gasteiger partial charge in [-0.15, -0.1) is 0 Å². The highest BCUT2D eigenvalue weighted by Gasteiger charge is 2.26. The number of hydrogen-bond acceptors (Lipinski definition) is 3. The fourth-order valence-corrected chi connectivity index (χ4v) is 1.92. The summed E-state index contributed by atoms with van der Waals surface area (Å²) in [5, 5.41) is 17.3. The standard InChI is InChI=1S/C5H11O3Si/c6-3-9(4-7)2-5-1-8-5/h5-7H,1-4H2.